The number of carboxylic acid groups (broad SMARTS) is 2. The average Bonchev–Trinajstić information content (AvgIpc) is 1.70. The SMILES string of the molecule is CCCC[C@H]1C(=O)N(C)[C@@H](CCCC)C(=O)N[C@@H](CN)C(=O)N[C@H](C(=O)NCC(N)=O)CSCC(=O)N[C@@H](Cc2ccc(O)cc2)C(=O)N(C)[C@@H](C)C(=O)N[C@@H](CC(=O)O)C(=O)N2CCC[C@H]2C(=O)N[C@@H](CN)C(=O)N[C@@H](CCC(N)=O)C(=O)N2C[C@H](O)C[C@H]2C(=O)N[C@@H](Cc2c[nH]c3ccccc23)C(=O)N[C@@H](CCN)C(=O)N[C@@H](Cc2cn(CC(=O)O)c3ccccc23)C(=O)N1C. The lowest BCUT2D eigenvalue weighted by atomic mass is 10.00. The lowest BCUT2D eigenvalue weighted by molar-refractivity contribution is -0.149. The number of aromatic hydroxyl groups is 1. The number of fused-ring (bicyclic) bond motifs is 4. The Labute approximate surface area is 770 Å². The lowest BCUT2D eigenvalue weighted by Gasteiger charge is -2.36. The van der Waals surface area contributed by atoms with Crippen LogP contribution in [-0.2, 0) is 117 Å². The number of hydrogen-bond acceptors (Lipinski definition) is 25. The third-order valence-electron chi connectivity index (χ3n) is 23.5. The van der Waals surface area contributed by atoms with E-state index < -0.39 is 279 Å². The van der Waals surface area contributed by atoms with Gasteiger partial charge in [0, 0.05) is 119 Å². The van der Waals surface area contributed by atoms with Crippen LogP contribution in [0.25, 0.3) is 21.8 Å². The van der Waals surface area contributed by atoms with Crippen molar-refractivity contribution in [2.45, 2.75) is 221 Å². The third kappa shape index (κ3) is 28.8. The molecule has 133 heavy (non-hydrogen) atoms. The molecule has 0 radical (unpaired) electrons. The van der Waals surface area contributed by atoms with Gasteiger partial charge in [0.25, 0.3) is 0 Å². The quantitative estimate of drug-likeness (QED) is 0.0246. The van der Waals surface area contributed by atoms with Crippen molar-refractivity contribution in [2.75, 3.05) is 71.9 Å². The smallest absolute Gasteiger partial charge is 0.323 e. The number of nitrogens with one attached hydrogen (secondary N) is 11. The minimum atomic E-state index is -1.94. The van der Waals surface area contributed by atoms with E-state index >= 15 is 28.8 Å². The second-order valence-corrected chi connectivity index (χ2v) is 34.2. The van der Waals surface area contributed by atoms with Crippen LogP contribution in [0.4, 0.5) is 0 Å². The number of aromatic amines is 1. The van der Waals surface area contributed by atoms with E-state index in [2.05, 4.69) is 58.2 Å². The molecule has 17 amide bonds. The molecule has 0 aliphatic carbocycles. The molecule has 3 aliphatic rings. The molecule has 15 atom stereocenters. The topological polar surface area (TPSA) is 693 Å². The van der Waals surface area contributed by atoms with Crippen LogP contribution in [0.5, 0.6) is 5.75 Å². The van der Waals surface area contributed by atoms with Crippen LogP contribution < -0.4 is 81.8 Å². The first-order chi connectivity index (χ1) is 63.2. The van der Waals surface area contributed by atoms with E-state index in [0.717, 1.165) is 43.3 Å². The van der Waals surface area contributed by atoms with Gasteiger partial charge in [-0.15, -0.1) is 11.8 Å². The fourth-order valence-electron chi connectivity index (χ4n) is 16.2. The van der Waals surface area contributed by atoms with Crippen LogP contribution >= 0.6 is 11.8 Å². The molecule has 45 nitrogen and oxygen atoms in total. The normalized spacial score (nSPS) is 24.9. The van der Waals surface area contributed by atoms with E-state index in [9.17, 15) is 82.8 Å². The van der Waals surface area contributed by atoms with Gasteiger partial charge in [-0.1, -0.05) is 88.1 Å². The Morgan fingerprint density at radius 3 is 1.71 bits per heavy atom. The Bertz CT molecular complexity index is 5070. The molecule has 3 aliphatic heterocycles. The highest BCUT2D eigenvalue weighted by atomic mass is 32.2. The summed E-state index contributed by atoms with van der Waals surface area (Å²) in [6, 6.07) is -4.04. The number of hydrogen-bond donors (Lipinski definition) is 20. The molecule has 3 fully saturated rings. The lowest BCUT2D eigenvalue weighted by Crippen LogP contribution is -2.62. The van der Waals surface area contributed by atoms with Crippen LogP contribution in [0.15, 0.2) is 85.2 Å². The van der Waals surface area contributed by atoms with Crippen molar-refractivity contribution in [2.24, 2.45) is 28.7 Å². The van der Waals surface area contributed by atoms with Crippen LogP contribution in [0.3, 0.4) is 0 Å². The number of primary amides is 2. The van der Waals surface area contributed by atoms with Crippen molar-refractivity contribution in [1.82, 2.24) is 87.2 Å². The van der Waals surface area contributed by atoms with Gasteiger partial charge in [0.1, 0.15) is 96.9 Å². The van der Waals surface area contributed by atoms with Crippen LogP contribution in [0.2, 0.25) is 0 Å². The standard InChI is InChI=1S/C87H122N22O23S/c1-7-9-19-65-80(125)101-62(38-90)79(124)103-63(75(120)94-40-70(92)113)44-133-45-71(114)95-58(32-47-23-25-50(110)26-24-47)83(128)104(4)46(3)74(119)99-60(36-72(115)116)86(131)108-31-15-22-66(108)81(126)102-61(37-89)78(123)97-56(27-28-69(91)112)85(130)109-42-51(111)35-68(109)82(127)98-57(33-48-39-93-54-18-13-11-16-52(48)54)77(122)96-55(29-30-88)76(121)100-59(84(129)106(6)67(20-10-8-2)87(132)105(65)5)34-49-41-107(43-73(117)118)64-21-14-12-17-53(49)64/h11-14,16-18,21,23-26,39,41,46,51,55-63,65-68,93,110-111H,7-10,15,19-20,22,27-38,40,42-45,88-90H2,1-6H3,(H2,91,112)(H2,92,113)(H,94,120)(H,95,114)(H,96,122)(H,97,123)(H,98,127)(H,99,119)(H,100,121)(H,101,125)(H,102,126)(H,103,124)(H,115,116)(H,117,118)/t46-,51+,55-,56-,57-,58-,59-,60-,61-,62-,63-,65-,66-,67-,68-/m0/s1. The minimum absolute atomic E-state index is 0.0527. The molecule has 0 spiro atoms. The fourth-order valence-corrected chi connectivity index (χ4v) is 17.0. The van der Waals surface area contributed by atoms with E-state index in [0.29, 0.717) is 57.8 Å². The van der Waals surface area contributed by atoms with E-state index in [1.165, 1.54) is 56.0 Å². The minimum Gasteiger partial charge on any atom is -0.508 e. The summed E-state index contributed by atoms with van der Waals surface area (Å²) >= 11 is 0.725. The summed E-state index contributed by atoms with van der Waals surface area (Å²) in [5.41, 5.74) is 31.7. The first-order valence-corrected chi connectivity index (χ1v) is 45.1. The van der Waals surface area contributed by atoms with Crippen molar-refractivity contribution in [3.63, 3.8) is 0 Å². The molecule has 0 bridgehead atoms. The number of carboxylic acids is 2. The second-order valence-electron chi connectivity index (χ2n) is 33.2. The molecule has 2 aromatic heterocycles. The molecular formula is C87H122N22O23S. The number of aliphatic carboxylic acids is 2. The van der Waals surface area contributed by atoms with Gasteiger partial charge in [0.15, 0.2) is 0 Å². The summed E-state index contributed by atoms with van der Waals surface area (Å²) in [5, 5.41) is 68.2. The van der Waals surface area contributed by atoms with E-state index in [1.807, 2.05) is 6.92 Å². The van der Waals surface area contributed by atoms with Crippen molar-refractivity contribution in [3.8, 4) is 5.75 Å². The molecule has 3 saturated heterocycles. The van der Waals surface area contributed by atoms with Gasteiger partial charge in [-0.25, -0.2) is 0 Å². The van der Waals surface area contributed by atoms with Crippen molar-refractivity contribution >= 4 is 146 Å². The van der Waals surface area contributed by atoms with Gasteiger partial charge in [-0.3, -0.25) is 91.1 Å². The molecule has 25 N–H and O–H groups in total. The summed E-state index contributed by atoms with van der Waals surface area (Å²) in [7, 11) is 3.76. The zero-order chi connectivity index (χ0) is 97.8. The van der Waals surface area contributed by atoms with Gasteiger partial charge < -0.3 is 136 Å². The Balaban J connectivity index is 1.20. The molecule has 0 saturated carbocycles. The van der Waals surface area contributed by atoms with Crippen molar-refractivity contribution in [1.29, 1.82) is 0 Å². The van der Waals surface area contributed by atoms with E-state index in [4.69, 9.17) is 28.7 Å². The number of likely N-dealkylation sites (N-methyl/N-ethyl adjacent to an activating group) is 3. The van der Waals surface area contributed by atoms with Crippen LogP contribution in [0.1, 0.15) is 121 Å². The Kier molecular flexibility index (Phi) is 39.3. The number of aliphatic hydroxyl groups excluding tert-OH is 1. The predicted molar refractivity (Wildman–Crippen MR) is 482 cm³/mol. The second kappa shape index (κ2) is 49.8. The number of carbonyl (C=O) groups excluding carboxylic acids is 17. The molecule has 5 aromatic rings. The van der Waals surface area contributed by atoms with Gasteiger partial charge >= 0.3 is 11.9 Å². The number of nitrogens with two attached hydrogens (primary N) is 5. The monoisotopic (exact) mass is 1870 g/mol. The summed E-state index contributed by atoms with van der Waals surface area (Å²) in [4.78, 5) is 280. The van der Waals surface area contributed by atoms with Gasteiger partial charge in [-0.05, 0) is 92.9 Å². The zero-order valence-corrected chi connectivity index (χ0v) is 75.8. The highest BCUT2D eigenvalue weighted by Crippen LogP contribution is 2.29. The summed E-state index contributed by atoms with van der Waals surface area (Å²) in [6.07, 6.45) is -1.13. The number of para-hydroxylation sites is 2. The molecule has 0 unspecified atom stereocenters. The number of phenolic OH excluding ortho intramolecular Hbond substituents is 1. The average molecular weight is 1880 g/mol. The Morgan fingerprint density at radius 2 is 1.08 bits per heavy atom. The molecule has 5 heterocycles. The maximum Gasteiger partial charge on any atom is 0.323 e. The molecule has 3 aromatic carbocycles. The highest BCUT2D eigenvalue weighted by molar-refractivity contribution is 8.00. The Morgan fingerprint density at radius 1 is 0.526 bits per heavy atom. The number of aromatic nitrogens is 2. The summed E-state index contributed by atoms with van der Waals surface area (Å²) in [6.45, 7) is 1.10. The molecular weight excluding hydrogens is 1750 g/mol. The highest BCUT2D eigenvalue weighted by Gasteiger charge is 2.47. The number of nitrogens with zero attached hydrogens (tertiary/aromatic N) is 6. The van der Waals surface area contributed by atoms with E-state index in [-0.39, 0.29) is 70.2 Å². The maximum atomic E-state index is 15.9. The predicted octanol–water partition coefficient (Wildman–Crippen LogP) is -5.51. The Hall–Kier alpha value is -13.3. The summed E-state index contributed by atoms with van der Waals surface area (Å²) < 4.78 is 1.41. The summed E-state index contributed by atoms with van der Waals surface area (Å²) in [5.74, 6) is -21.2. The van der Waals surface area contributed by atoms with Gasteiger partial charge in [0.2, 0.25) is 100 Å². The maximum absolute atomic E-state index is 15.9. The first kappa shape index (κ1) is 105. The van der Waals surface area contributed by atoms with Crippen LogP contribution in [-0.4, -0.2) is 329 Å². The van der Waals surface area contributed by atoms with Crippen molar-refractivity contribution < 1.29 is 112 Å². The largest absolute Gasteiger partial charge is 0.508 e. The first-order valence-electron chi connectivity index (χ1n) is 43.9. The molecule has 46 heteroatoms. The van der Waals surface area contributed by atoms with Crippen molar-refractivity contribution in [3.05, 3.63) is 102 Å². The number of rotatable bonds is 26. The number of H-pyrrole nitrogens is 1. The number of amides is 17. The molecule has 724 valence electrons. The number of thioether (sulfide) groups is 1. The number of phenols is 1. The number of aliphatic hydroxyl groups is 1. The van der Waals surface area contributed by atoms with E-state index in [1.54, 1.807) is 61.7 Å². The number of benzene rings is 3. The third-order valence-corrected chi connectivity index (χ3v) is 24.6. The zero-order valence-electron chi connectivity index (χ0n) is 74.9. The number of unbranched alkanes of at least 4 members (excludes halogenated alkanes) is 2. The fraction of sp³-hybridized carbons (Fsp3) is 0.529. The number of carbonyl (C=O) groups is 19. The van der Waals surface area contributed by atoms with Crippen LogP contribution in [0, 0.1) is 0 Å². The molecule has 8 rings (SSSR count). The van der Waals surface area contributed by atoms with Gasteiger partial charge in [-0.2, -0.15) is 0 Å². The van der Waals surface area contributed by atoms with Gasteiger partial charge in [0.05, 0.1) is 24.8 Å².